The van der Waals surface area contributed by atoms with Crippen molar-refractivity contribution in [3.8, 4) is 0 Å². The van der Waals surface area contributed by atoms with Crippen molar-refractivity contribution in [2.45, 2.75) is 19.9 Å². The van der Waals surface area contributed by atoms with Crippen molar-refractivity contribution in [1.82, 2.24) is 15.6 Å². The Bertz CT molecular complexity index is 456. The minimum absolute atomic E-state index is 0.000959. The molecule has 0 fully saturated rings. The number of carbonyl (C=O) groups is 2. The summed E-state index contributed by atoms with van der Waals surface area (Å²) in [7, 11) is 3.51. The SMILES string of the molecule is CNC(=O)CCN(C)Cc1cc(C(=O)NN)oc1C. The third kappa shape index (κ3) is 4.38. The summed E-state index contributed by atoms with van der Waals surface area (Å²) < 4.78 is 5.32. The van der Waals surface area contributed by atoms with E-state index in [-0.39, 0.29) is 11.7 Å². The number of hydrogen-bond acceptors (Lipinski definition) is 5. The Kier molecular flexibility index (Phi) is 5.53. The van der Waals surface area contributed by atoms with E-state index >= 15 is 0 Å². The zero-order chi connectivity index (χ0) is 14.4. The molecule has 7 nitrogen and oxygen atoms in total. The van der Waals surface area contributed by atoms with Crippen LogP contribution < -0.4 is 16.6 Å². The van der Waals surface area contributed by atoms with Crippen LogP contribution in [0, 0.1) is 6.92 Å². The fourth-order valence-electron chi connectivity index (χ4n) is 1.65. The maximum atomic E-state index is 11.3. The number of hydrazine groups is 1. The molecule has 4 N–H and O–H groups in total. The van der Waals surface area contributed by atoms with Crippen molar-refractivity contribution in [3.63, 3.8) is 0 Å². The van der Waals surface area contributed by atoms with Gasteiger partial charge in [0.25, 0.3) is 0 Å². The molecule has 1 aromatic heterocycles. The van der Waals surface area contributed by atoms with Crippen molar-refractivity contribution in [2.75, 3.05) is 20.6 Å². The van der Waals surface area contributed by atoms with Crippen LogP contribution in [-0.2, 0) is 11.3 Å². The third-order valence-corrected chi connectivity index (χ3v) is 2.82. The number of nitrogen functional groups attached to an aromatic ring is 1. The summed E-state index contributed by atoms with van der Waals surface area (Å²) in [6, 6.07) is 1.66. The fraction of sp³-hybridized carbons (Fsp3) is 0.500. The Morgan fingerprint density at radius 2 is 2.16 bits per heavy atom. The zero-order valence-electron chi connectivity index (χ0n) is 11.4. The Labute approximate surface area is 112 Å². The number of nitrogens with zero attached hydrogens (tertiary/aromatic N) is 1. The third-order valence-electron chi connectivity index (χ3n) is 2.82. The van der Waals surface area contributed by atoms with Crippen LogP contribution in [0.25, 0.3) is 0 Å². The molecule has 0 saturated heterocycles. The zero-order valence-corrected chi connectivity index (χ0v) is 11.4. The quantitative estimate of drug-likeness (QED) is 0.375. The second kappa shape index (κ2) is 6.91. The second-order valence-electron chi connectivity index (χ2n) is 4.33. The molecule has 0 saturated carbocycles. The van der Waals surface area contributed by atoms with Gasteiger partial charge in [-0.3, -0.25) is 15.0 Å². The number of aryl methyl sites for hydroxylation is 1. The van der Waals surface area contributed by atoms with Gasteiger partial charge in [0.05, 0.1) is 0 Å². The number of furan rings is 1. The van der Waals surface area contributed by atoms with Gasteiger partial charge in [0, 0.05) is 32.1 Å². The van der Waals surface area contributed by atoms with Gasteiger partial charge < -0.3 is 14.6 Å². The lowest BCUT2D eigenvalue weighted by atomic mass is 10.2. The number of nitrogens with one attached hydrogen (secondary N) is 2. The van der Waals surface area contributed by atoms with Crippen molar-refractivity contribution < 1.29 is 14.0 Å². The van der Waals surface area contributed by atoms with Gasteiger partial charge >= 0.3 is 5.91 Å². The highest BCUT2D eigenvalue weighted by molar-refractivity contribution is 5.91. The van der Waals surface area contributed by atoms with Gasteiger partial charge in [0.2, 0.25) is 5.91 Å². The number of nitrogens with two attached hydrogens (primary N) is 1. The van der Waals surface area contributed by atoms with Gasteiger partial charge in [-0.2, -0.15) is 0 Å². The highest BCUT2D eigenvalue weighted by Gasteiger charge is 2.14. The molecule has 0 aliphatic carbocycles. The molecule has 106 valence electrons. The molecule has 0 aliphatic rings. The molecule has 0 unspecified atom stereocenters. The smallest absolute Gasteiger partial charge is 0.300 e. The highest BCUT2D eigenvalue weighted by atomic mass is 16.4. The first-order chi connectivity index (χ1) is 8.97. The summed E-state index contributed by atoms with van der Waals surface area (Å²) in [5.74, 6) is 5.45. The van der Waals surface area contributed by atoms with E-state index in [1.54, 1.807) is 20.0 Å². The van der Waals surface area contributed by atoms with Crippen LogP contribution in [0.5, 0.6) is 0 Å². The Hall–Kier alpha value is -1.86. The fourth-order valence-corrected chi connectivity index (χ4v) is 1.65. The van der Waals surface area contributed by atoms with Crippen LogP contribution in [0.15, 0.2) is 10.5 Å². The summed E-state index contributed by atoms with van der Waals surface area (Å²) in [5, 5.41) is 2.57. The molecule has 0 radical (unpaired) electrons. The number of hydrogen-bond donors (Lipinski definition) is 3. The van der Waals surface area contributed by atoms with E-state index in [1.165, 1.54) is 0 Å². The number of rotatable bonds is 6. The molecule has 2 amide bonds. The van der Waals surface area contributed by atoms with Gasteiger partial charge in [-0.1, -0.05) is 0 Å². The minimum Gasteiger partial charge on any atom is -0.456 e. The standard InChI is InChI=1S/C12H20N4O3/c1-8-9(6-10(19-8)12(18)15-13)7-16(3)5-4-11(17)14-2/h6H,4-5,7,13H2,1-3H3,(H,14,17)(H,15,18). The average molecular weight is 268 g/mol. The minimum atomic E-state index is -0.456. The highest BCUT2D eigenvalue weighted by Crippen LogP contribution is 2.16. The first kappa shape index (κ1) is 15.2. The van der Waals surface area contributed by atoms with Gasteiger partial charge in [0.15, 0.2) is 5.76 Å². The van der Waals surface area contributed by atoms with E-state index < -0.39 is 5.91 Å². The van der Waals surface area contributed by atoms with Crippen molar-refractivity contribution >= 4 is 11.8 Å². The van der Waals surface area contributed by atoms with Crippen molar-refractivity contribution in [2.24, 2.45) is 5.84 Å². The summed E-state index contributed by atoms with van der Waals surface area (Å²) >= 11 is 0. The lowest BCUT2D eigenvalue weighted by Gasteiger charge is -2.15. The lowest BCUT2D eigenvalue weighted by Crippen LogP contribution is -2.29. The van der Waals surface area contributed by atoms with E-state index in [0.29, 0.717) is 25.3 Å². The summed E-state index contributed by atoms with van der Waals surface area (Å²) in [6.07, 6.45) is 0.431. The normalized spacial score (nSPS) is 10.6. The van der Waals surface area contributed by atoms with Crippen molar-refractivity contribution in [3.05, 3.63) is 23.2 Å². The van der Waals surface area contributed by atoms with Crippen LogP contribution in [0.1, 0.15) is 28.3 Å². The molecule has 0 bridgehead atoms. The van der Waals surface area contributed by atoms with E-state index in [9.17, 15) is 9.59 Å². The Morgan fingerprint density at radius 1 is 1.47 bits per heavy atom. The maximum Gasteiger partial charge on any atom is 0.300 e. The van der Waals surface area contributed by atoms with E-state index in [4.69, 9.17) is 10.3 Å². The van der Waals surface area contributed by atoms with Gasteiger partial charge in [-0.25, -0.2) is 5.84 Å². The molecule has 0 aliphatic heterocycles. The van der Waals surface area contributed by atoms with Gasteiger partial charge in [-0.05, 0) is 20.0 Å². The predicted molar refractivity (Wildman–Crippen MR) is 70.1 cm³/mol. The molecule has 19 heavy (non-hydrogen) atoms. The number of amides is 2. The first-order valence-corrected chi connectivity index (χ1v) is 5.97. The van der Waals surface area contributed by atoms with Gasteiger partial charge in [-0.15, -0.1) is 0 Å². The largest absolute Gasteiger partial charge is 0.456 e. The van der Waals surface area contributed by atoms with Crippen LogP contribution in [0.4, 0.5) is 0 Å². The monoisotopic (exact) mass is 268 g/mol. The van der Waals surface area contributed by atoms with E-state index in [2.05, 4.69) is 5.32 Å². The summed E-state index contributed by atoms with van der Waals surface area (Å²) in [6.45, 7) is 3.02. The van der Waals surface area contributed by atoms with Gasteiger partial charge in [0.1, 0.15) is 5.76 Å². The van der Waals surface area contributed by atoms with E-state index in [0.717, 1.165) is 5.56 Å². The number of carbonyl (C=O) groups excluding carboxylic acids is 2. The van der Waals surface area contributed by atoms with Crippen LogP contribution >= 0.6 is 0 Å². The second-order valence-corrected chi connectivity index (χ2v) is 4.33. The van der Waals surface area contributed by atoms with Crippen LogP contribution in [0.2, 0.25) is 0 Å². The Balaban J connectivity index is 2.59. The van der Waals surface area contributed by atoms with E-state index in [1.807, 2.05) is 17.4 Å². The van der Waals surface area contributed by atoms with Crippen LogP contribution in [0.3, 0.4) is 0 Å². The topological polar surface area (TPSA) is 101 Å². The van der Waals surface area contributed by atoms with Crippen molar-refractivity contribution in [1.29, 1.82) is 0 Å². The predicted octanol–water partition coefficient (Wildman–Crippen LogP) is -0.241. The molecule has 0 aromatic carbocycles. The van der Waals surface area contributed by atoms with Crippen LogP contribution in [-0.4, -0.2) is 37.4 Å². The molecular weight excluding hydrogens is 248 g/mol. The lowest BCUT2D eigenvalue weighted by molar-refractivity contribution is -0.120. The molecular formula is C12H20N4O3. The summed E-state index contributed by atoms with van der Waals surface area (Å²) in [5.41, 5.74) is 2.92. The molecule has 1 rings (SSSR count). The molecule has 1 heterocycles. The first-order valence-electron chi connectivity index (χ1n) is 5.97. The molecule has 0 atom stereocenters. The summed E-state index contributed by atoms with van der Waals surface area (Å²) in [4.78, 5) is 24.5. The Morgan fingerprint density at radius 3 is 2.74 bits per heavy atom. The molecule has 1 aromatic rings. The average Bonchev–Trinajstić information content (AvgIpc) is 2.76. The molecule has 0 spiro atoms. The molecule has 7 heteroatoms. The maximum absolute atomic E-state index is 11.3.